The van der Waals surface area contributed by atoms with E-state index >= 15 is 0 Å². The Labute approximate surface area is 173 Å². The Morgan fingerprint density at radius 3 is 1.89 bits per heavy atom. The fourth-order valence-corrected chi connectivity index (χ4v) is 5.89. The highest BCUT2D eigenvalue weighted by Crippen LogP contribution is 2.29. The fraction of sp³-hybridized carbons (Fsp3) is 1.00. The van der Waals surface area contributed by atoms with Crippen molar-refractivity contribution in [3.8, 4) is 0 Å². The van der Waals surface area contributed by atoms with Crippen molar-refractivity contribution in [1.29, 1.82) is 0 Å². The lowest BCUT2D eigenvalue weighted by Gasteiger charge is -2.39. The molecule has 0 radical (unpaired) electrons. The summed E-state index contributed by atoms with van der Waals surface area (Å²) in [5, 5.41) is 3.44. The fourth-order valence-electron chi connectivity index (χ4n) is 5.89. The molecule has 1 atom stereocenters. The third kappa shape index (κ3) is 6.15. The first-order valence-electron chi connectivity index (χ1n) is 12.3. The minimum atomic E-state index is 0.528. The molecule has 0 aromatic carbocycles. The second-order valence-electron chi connectivity index (χ2n) is 9.88. The molecule has 5 nitrogen and oxygen atoms in total. The van der Waals surface area contributed by atoms with E-state index in [2.05, 4.69) is 26.9 Å². The van der Waals surface area contributed by atoms with Gasteiger partial charge in [0.15, 0.2) is 0 Å². The van der Waals surface area contributed by atoms with Gasteiger partial charge in [-0.15, -0.1) is 0 Å². The van der Waals surface area contributed by atoms with Gasteiger partial charge in [0.05, 0.1) is 12.2 Å². The smallest absolute Gasteiger partial charge is 0.0603 e. The van der Waals surface area contributed by atoms with Crippen LogP contribution < -0.4 is 5.32 Å². The minimum absolute atomic E-state index is 0.528. The van der Waals surface area contributed by atoms with Crippen molar-refractivity contribution < 1.29 is 4.74 Å². The number of rotatable bonds is 7. The lowest BCUT2D eigenvalue weighted by Crippen LogP contribution is -2.49. The van der Waals surface area contributed by atoms with Crippen LogP contribution in [-0.4, -0.2) is 98.9 Å². The molecule has 0 amide bonds. The van der Waals surface area contributed by atoms with Gasteiger partial charge in [0.1, 0.15) is 0 Å². The first-order valence-corrected chi connectivity index (χ1v) is 12.3. The molecule has 1 saturated carbocycles. The van der Waals surface area contributed by atoms with Crippen molar-refractivity contribution in [1.82, 2.24) is 20.0 Å². The van der Waals surface area contributed by atoms with Gasteiger partial charge in [-0.1, -0.05) is 6.92 Å². The molecule has 3 aliphatic heterocycles. The van der Waals surface area contributed by atoms with Crippen molar-refractivity contribution in [2.24, 2.45) is 11.8 Å². The highest BCUT2D eigenvalue weighted by Gasteiger charge is 2.28. The van der Waals surface area contributed by atoms with Crippen LogP contribution in [-0.2, 0) is 4.74 Å². The monoisotopic (exact) mass is 392 g/mol. The maximum Gasteiger partial charge on any atom is 0.0603 e. The quantitative estimate of drug-likeness (QED) is 0.718. The van der Waals surface area contributed by atoms with Crippen LogP contribution in [0.5, 0.6) is 0 Å². The van der Waals surface area contributed by atoms with Gasteiger partial charge < -0.3 is 24.8 Å². The molecule has 3 heterocycles. The van der Waals surface area contributed by atoms with Crippen LogP contribution in [0.1, 0.15) is 51.9 Å². The number of piperazine rings is 1. The molecule has 1 aliphatic carbocycles. The van der Waals surface area contributed by atoms with Gasteiger partial charge in [-0.25, -0.2) is 0 Å². The predicted octanol–water partition coefficient (Wildman–Crippen LogP) is 2.27. The Hall–Kier alpha value is -0.200. The maximum atomic E-state index is 6.40. The highest BCUT2D eigenvalue weighted by atomic mass is 16.5. The second-order valence-corrected chi connectivity index (χ2v) is 9.88. The molecule has 0 aromatic heterocycles. The van der Waals surface area contributed by atoms with E-state index in [1.54, 1.807) is 0 Å². The Balaban J connectivity index is 1.09. The number of ether oxygens (including phenoxy) is 1. The molecule has 0 spiro atoms. The summed E-state index contributed by atoms with van der Waals surface area (Å²) in [5.74, 6) is 1.83. The molecule has 28 heavy (non-hydrogen) atoms. The molecule has 5 heteroatoms. The van der Waals surface area contributed by atoms with Crippen LogP contribution in [0.3, 0.4) is 0 Å². The number of hydrogen-bond donors (Lipinski definition) is 1. The van der Waals surface area contributed by atoms with E-state index in [1.807, 2.05) is 0 Å². The largest absolute Gasteiger partial charge is 0.375 e. The summed E-state index contributed by atoms with van der Waals surface area (Å²) in [4.78, 5) is 8.11. The summed E-state index contributed by atoms with van der Waals surface area (Å²) in [6, 6.07) is 0. The van der Waals surface area contributed by atoms with Crippen LogP contribution in [0, 0.1) is 11.8 Å². The van der Waals surface area contributed by atoms with Crippen LogP contribution in [0.2, 0.25) is 0 Å². The molecule has 0 unspecified atom stereocenters. The zero-order valence-corrected chi connectivity index (χ0v) is 18.3. The Kier molecular flexibility index (Phi) is 8.06. The van der Waals surface area contributed by atoms with Crippen LogP contribution in [0.15, 0.2) is 0 Å². The Morgan fingerprint density at radius 2 is 1.29 bits per heavy atom. The van der Waals surface area contributed by atoms with Crippen molar-refractivity contribution >= 4 is 0 Å². The third-order valence-corrected chi connectivity index (χ3v) is 7.78. The van der Waals surface area contributed by atoms with Gasteiger partial charge >= 0.3 is 0 Å². The number of hydrogen-bond acceptors (Lipinski definition) is 5. The van der Waals surface area contributed by atoms with Crippen molar-refractivity contribution in [3.63, 3.8) is 0 Å². The van der Waals surface area contributed by atoms with Crippen LogP contribution in [0.4, 0.5) is 0 Å². The standard InChI is InChI=1S/C23H44N4O/c1-2-25-12-9-21(18-25)19-27-15-13-26(14-16-27)17-20-3-5-22(6-4-20)28-23-7-10-24-11-8-23/h20-24H,2-19H2,1H3/t20?,21-,22?/m0/s1. The number of nitrogens with one attached hydrogen (secondary N) is 1. The molecule has 3 saturated heterocycles. The maximum absolute atomic E-state index is 6.40. The lowest BCUT2D eigenvalue weighted by molar-refractivity contribution is -0.0502. The Morgan fingerprint density at radius 1 is 0.679 bits per heavy atom. The Bertz CT molecular complexity index is 440. The molecule has 4 aliphatic rings. The summed E-state index contributed by atoms with van der Waals surface area (Å²) >= 11 is 0. The molecule has 4 rings (SSSR count). The van der Waals surface area contributed by atoms with Crippen molar-refractivity contribution in [2.75, 3.05) is 72.0 Å². The summed E-state index contributed by atoms with van der Waals surface area (Å²) in [6.07, 6.45) is 10.3. The molecule has 0 aromatic rings. The van der Waals surface area contributed by atoms with E-state index < -0.39 is 0 Å². The van der Waals surface area contributed by atoms with Gasteiger partial charge in [0.25, 0.3) is 0 Å². The van der Waals surface area contributed by atoms with Gasteiger partial charge in [-0.2, -0.15) is 0 Å². The van der Waals surface area contributed by atoms with E-state index in [0.717, 1.165) is 24.9 Å². The SMILES string of the molecule is CCN1CC[C@H](CN2CCN(CC3CCC(OC4CCNCC4)CC3)CC2)C1. The summed E-state index contributed by atoms with van der Waals surface area (Å²) in [7, 11) is 0. The van der Waals surface area contributed by atoms with E-state index in [0.29, 0.717) is 12.2 Å². The van der Waals surface area contributed by atoms with Gasteiger partial charge in [-0.3, -0.25) is 0 Å². The molecule has 162 valence electrons. The highest BCUT2D eigenvalue weighted by molar-refractivity contribution is 4.83. The summed E-state index contributed by atoms with van der Waals surface area (Å²) in [5.41, 5.74) is 0. The predicted molar refractivity (Wildman–Crippen MR) is 116 cm³/mol. The number of nitrogens with zero attached hydrogens (tertiary/aromatic N) is 3. The minimum Gasteiger partial charge on any atom is -0.375 e. The molecule has 1 N–H and O–H groups in total. The normalized spacial score (nSPS) is 34.8. The second kappa shape index (κ2) is 10.7. The average Bonchev–Trinajstić information content (AvgIpc) is 3.19. The summed E-state index contributed by atoms with van der Waals surface area (Å²) < 4.78 is 6.40. The van der Waals surface area contributed by atoms with Crippen molar-refractivity contribution in [2.45, 2.75) is 64.1 Å². The molecular formula is C23H44N4O. The van der Waals surface area contributed by atoms with E-state index in [9.17, 15) is 0 Å². The number of likely N-dealkylation sites (tertiary alicyclic amines) is 1. The first-order chi connectivity index (χ1) is 13.8. The zero-order chi connectivity index (χ0) is 19.2. The topological polar surface area (TPSA) is 31.0 Å². The number of piperidine rings is 1. The van der Waals surface area contributed by atoms with Crippen LogP contribution >= 0.6 is 0 Å². The van der Waals surface area contributed by atoms with Crippen molar-refractivity contribution in [3.05, 3.63) is 0 Å². The summed E-state index contributed by atoms with van der Waals surface area (Å²) in [6.45, 7) is 16.3. The lowest BCUT2D eigenvalue weighted by atomic mass is 9.86. The van der Waals surface area contributed by atoms with E-state index in [-0.39, 0.29) is 0 Å². The van der Waals surface area contributed by atoms with Gasteiger partial charge in [0, 0.05) is 45.8 Å². The van der Waals surface area contributed by atoms with Gasteiger partial charge in [0.2, 0.25) is 0 Å². The molecular weight excluding hydrogens is 348 g/mol. The van der Waals surface area contributed by atoms with E-state index in [4.69, 9.17) is 4.74 Å². The average molecular weight is 393 g/mol. The molecule has 0 bridgehead atoms. The van der Waals surface area contributed by atoms with Gasteiger partial charge in [-0.05, 0) is 83.0 Å². The van der Waals surface area contributed by atoms with Crippen LogP contribution in [0.25, 0.3) is 0 Å². The third-order valence-electron chi connectivity index (χ3n) is 7.78. The first kappa shape index (κ1) is 21.0. The zero-order valence-electron chi connectivity index (χ0n) is 18.3. The van der Waals surface area contributed by atoms with E-state index in [1.165, 1.54) is 104 Å². The molecule has 4 fully saturated rings.